The zero-order valence-electron chi connectivity index (χ0n) is 25.5. The van der Waals surface area contributed by atoms with Crippen molar-refractivity contribution in [2.45, 2.75) is 0 Å². The van der Waals surface area contributed by atoms with Crippen LogP contribution in [0.3, 0.4) is 0 Å². The van der Waals surface area contributed by atoms with Gasteiger partial charge in [-0.05, 0) is 89.7 Å². The summed E-state index contributed by atoms with van der Waals surface area (Å²) in [4.78, 5) is 0. The van der Waals surface area contributed by atoms with E-state index in [1.807, 2.05) is 0 Å². The SMILES string of the molecule is c1ccc(-c2cccc(-c3ccccc3)c2-c2ccc3cc(-c4c(-c5ccccc5)cccc4-c4ccccc4)ccc3c2)cc1. The molecule has 0 N–H and O–H groups in total. The van der Waals surface area contributed by atoms with Crippen molar-refractivity contribution >= 4 is 10.8 Å². The number of benzene rings is 8. The van der Waals surface area contributed by atoms with Gasteiger partial charge in [0.25, 0.3) is 0 Å². The van der Waals surface area contributed by atoms with E-state index in [2.05, 4.69) is 194 Å². The maximum absolute atomic E-state index is 2.36. The fraction of sp³-hybridized carbons (Fsp3) is 0. The first-order valence-corrected chi connectivity index (χ1v) is 15.9. The van der Waals surface area contributed by atoms with Gasteiger partial charge in [-0.25, -0.2) is 0 Å². The van der Waals surface area contributed by atoms with Gasteiger partial charge in [-0.2, -0.15) is 0 Å². The number of hydrogen-bond acceptors (Lipinski definition) is 0. The summed E-state index contributed by atoms with van der Waals surface area (Å²) in [5.74, 6) is 0. The Balaban J connectivity index is 1.31. The second kappa shape index (κ2) is 12.2. The Morgan fingerprint density at radius 1 is 0.196 bits per heavy atom. The summed E-state index contributed by atoms with van der Waals surface area (Å²) in [6, 6.07) is 70.1. The van der Waals surface area contributed by atoms with E-state index in [-0.39, 0.29) is 0 Å². The molecule has 0 fully saturated rings. The quantitative estimate of drug-likeness (QED) is 0.182. The van der Waals surface area contributed by atoms with Crippen molar-refractivity contribution in [3.8, 4) is 66.8 Å². The molecule has 8 rings (SSSR count). The average molecular weight is 585 g/mol. The second-order valence-corrected chi connectivity index (χ2v) is 11.7. The van der Waals surface area contributed by atoms with Gasteiger partial charge in [0.2, 0.25) is 0 Å². The molecule has 0 aliphatic rings. The van der Waals surface area contributed by atoms with Gasteiger partial charge in [0.05, 0.1) is 0 Å². The molecule has 8 aromatic rings. The third-order valence-corrected chi connectivity index (χ3v) is 8.89. The summed E-state index contributed by atoms with van der Waals surface area (Å²) < 4.78 is 0. The molecular weight excluding hydrogens is 553 g/mol. The fourth-order valence-corrected chi connectivity index (χ4v) is 6.72. The van der Waals surface area contributed by atoms with Crippen LogP contribution in [-0.4, -0.2) is 0 Å². The lowest BCUT2D eigenvalue weighted by Crippen LogP contribution is -1.92. The van der Waals surface area contributed by atoms with Crippen molar-refractivity contribution in [2.24, 2.45) is 0 Å². The minimum atomic E-state index is 1.22. The highest BCUT2D eigenvalue weighted by Crippen LogP contribution is 2.43. The van der Waals surface area contributed by atoms with Gasteiger partial charge in [-0.15, -0.1) is 0 Å². The summed E-state index contributed by atoms with van der Waals surface area (Å²) >= 11 is 0. The predicted molar refractivity (Wildman–Crippen MR) is 197 cm³/mol. The zero-order chi connectivity index (χ0) is 30.7. The maximum Gasteiger partial charge on any atom is -0.00266 e. The lowest BCUT2D eigenvalue weighted by atomic mass is 9.85. The van der Waals surface area contributed by atoms with Crippen molar-refractivity contribution < 1.29 is 0 Å². The molecule has 0 saturated heterocycles. The van der Waals surface area contributed by atoms with Crippen molar-refractivity contribution in [3.63, 3.8) is 0 Å². The average Bonchev–Trinajstić information content (AvgIpc) is 3.15. The third-order valence-electron chi connectivity index (χ3n) is 8.89. The molecule has 0 amide bonds. The molecule has 0 heteroatoms. The zero-order valence-corrected chi connectivity index (χ0v) is 25.5. The van der Waals surface area contributed by atoms with E-state index in [1.165, 1.54) is 77.5 Å². The van der Waals surface area contributed by atoms with E-state index in [9.17, 15) is 0 Å². The standard InChI is InChI=1S/C46H32/c1-5-15-33(16-6-1)41-23-13-24-42(34-17-7-2-8-18-34)45(41)39-29-27-38-32-40(30-28-37(38)31-39)46-43(35-19-9-3-10-20-35)25-14-26-44(46)36-21-11-4-12-22-36/h1-32H. The first kappa shape index (κ1) is 27.6. The Labute approximate surface area is 270 Å². The largest absolute Gasteiger partial charge is 0.0622 e. The van der Waals surface area contributed by atoms with Crippen LogP contribution in [-0.2, 0) is 0 Å². The smallest absolute Gasteiger partial charge is 0.00266 e. The number of hydrogen-bond donors (Lipinski definition) is 0. The molecule has 0 radical (unpaired) electrons. The highest BCUT2D eigenvalue weighted by atomic mass is 14.2. The number of rotatable bonds is 6. The molecule has 0 heterocycles. The molecule has 0 unspecified atom stereocenters. The second-order valence-electron chi connectivity index (χ2n) is 11.7. The van der Waals surface area contributed by atoms with Gasteiger partial charge in [0.1, 0.15) is 0 Å². The van der Waals surface area contributed by atoms with Crippen LogP contribution in [0.4, 0.5) is 0 Å². The molecule has 0 aliphatic carbocycles. The van der Waals surface area contributed by atoms with E-state index in [1.54, 1.807) is 0 Å². The topological polar surface area (TPSA) is 0 Å². The Bertz CT molecular complexity index is 1980. The first-order chi connectivity index (χ1) is 22.8. The van der Waals surface area contributed by atoms with E-state index >= 15 is 0 Å². The lowest BCUT2D eigenvalue weighted by Gasteiger charge is -2.18. The van der Waals surface area contributed by atoms with Crippen molar-refractivity contribution in [1.82, 2.24) is 0 Å². The van der Waals surface area contributed by atoms with Gasteiger partial charge in [0, 0.05) is 0 Å². The van der Waals surface area contributed by atoms with E-state index in [0.717, 1.165) is 0 Å². The van der Waals surface area contributed by atoms with Crippen LogP contribution in [0.5, 0.6) is 0 Å². The summed E-state index contributed by atoms with van der Waals surface area (Å²) in [6.07, 6.45) is 0. The van der Waals surface area contributed by atoms with Crippen molar-refractivity contribution in [2.75, 3.05) is 0 Å². The molecule has 0 saturated carbocycles. The Morgan fingerprint density at radius 3 is 0.761 bits per heavy atom. The highest BCUT2D eigenvalue weighted by molar-refractivity contribution is 6.01. The fourth-order valence-electron chi connectivity index (χ4n) is 6.72. The summed E-state index contributed by atoms with van der Waals surface area (Å²) in [7, 11) is 0. The van der Waals surface area contributed by atoms with Crippen LogP contribution in [0, 0.1) is 0 Å². The summed E-state index contributed by atoms with van der Waals surface area (Å²) in [6.45, 7) is 0. The molecule has 0 aliphatic heterocycles. The minimum absolute atomic E-state index is 1.22. The molecule has 46 heavy (non-hydrogen) atoms. The van der Waals surface area contributed by atoms with Crippen LogP contribution < -0.4 is 0 Å². The van der Waals surface area contributed by atoms with E-state index < -0.39 is 0 Å². The van der Waals surface area contributed by atoms with Crippen molar-refractivity contribution in [3.05, 3.63) is 194 Å². The lowest BCUT2D eigenvalue weighted by molar-refractivity contribution is 1.56. The Morgan fingerprint density at radius 2 is 0.478 bits per heavy atom. The molecule has 0 atom stereocenters. The van der Waals surface area contributed by atoms with Gasteiger partial charge >= 0.3 is 0 Å². The van der Waals surface area contributed by atoms with Crippen LogP contribution >= 0.6 is 0 Å². The summed E-state index contributed by atoms with van der Waals surface area (Å²) in [5.41, 5.74) is 14.8. The van der Waals surface area contributed by atoms with Gasteiger partial charge in [-0.1, -0.05) is 182 Å². The van der Waals surface area contributed by atoms with Crippen LogP contribution in [0.1, 0.15) is 0 Å². The Kier molecular flexibility index (Phi) is 7.30. The van der Waals surface area contributed by atoms with Crippen LogP contribution in [0.25, 0.3) is 77.5 Å². The molecule has 8 aromatic carbocycles. The number of fused-ring (bicyclic) bond motifs is 1. The first-order valence-electron chi connectivity index (χ1n) is 15.9. The van der Waals surface area contributed by atoms with Crippen LogP contribution in [0.2, 0.25) is 0 Å². The monoisotopic (exact) mass is 584 g/mol. The molecule has 0 aromatic heterocycles. The van der Waals surface area contributed by atoms with Gasteiger partial charge in [0.15, 0.2) is 0 Å². The normalized spacial score (nSPS) is 11.0. The highest BCUT2D eigenvalue weighted by Gasteiger charge is 2.17. The molecule has 0 nitrogen and oxygen atoms in total. The molecule has 0 spiro atoms. The molecule has 0 bridgehead atoms. The van der Waals surface area contributed by atoms with E-state index in [4.69, 9.17) is 0 Å². The molecular formula is C46H32. The van der Waals surface area contributed by atoms with Crippen molar-refractivity contribution in [1.29, 1.82) is 0 Å². The Hall–Kier alpha value is -5.98. The predicted octanol–water partition coefficient (Wildman–Crippen LogP) is 12.8. The maximum atomic E-state index is 2.36. The van der Waals surface area contributed by atoms with Crippen LogP contribution in [0.15, 0.2) is 194 Å². The van der Waals surface area contributed by atoms with Gasteiger partial charge < -0.3 is 0 Å². The summed E-state index contributed by atoms with van der Waals surface area (Å²) in [5, 5.41) is 2.45. The minimum Gasteiger partial charge on any atom is -0.0622 e. The van der Waals surface area contributed by atoms with E-state index in [0.29, 0.717) is 0 Å². The van der Waals surface area contributed by atoms with Gasteiger partial charge in [-0.3, -0.25) is 0 Å². The third kappa shape index (κ3) is 5.21. The molecule has 216 valence electrons.